The van der Waals surface area contributed by atoms with Gasteiger partial charge in [-0.15, -0.1) is 0 Å². The molecule has 3 aromatic rings. The zero-order chi connectivity index (χ0) is 20.3. The van der Waals surface area contributed by atoms with E-state index in [1.807, 2.05) is 31.1 Å². The molecule has 9 heteroatoms. The highest BCUT2D eigenvalue weighted by atomic mass is 32.2. The number of hydrogen-bond donors (Lipinski definition) is 2. The Morgan fingerprint density at radius 3 is 2.21 bits per heavy atom. The van der Waals surface area contributed by atoms with Crippen LogP contribution in [0, 0.1) is 6.92 Å². The van der Waals surface area contributed by atoms with Crippen LogP contribution in [0.15, 0.2) is 64.0 Å². The third-order valence-corrected chi connectivity index (χ3v) is 5.31. The van der Waals surface area contributed by atoms with E-state index >= 15 is 0 Å². The van der Waals surface area contributed by atoms with Crippen LogP contribution >= 0.6 is 0 Å². The van der Waals surface area contributed by atoms with Gasteiger partial charge in [-0.05, 0) is 55.5 Å². The zero-order valence-corrected chi connectivity index (χ0v) is 16.4. The predicted octanol–water partition coefficient (Wildman–Crippen LogP) is 3.10. The minimum Gasteiger partial charge on any atom is -0.378 e. The van der Waals surface area contributed by atoms with E-state index in [9.17, 15) is 13.2 Å². The number of anilines is 3. The Kier molecular flexibility index (Phi) is 5.36. The first-order chi connectivity index (χ1) is 13.2. The van der Waals surface area contributed by atoms with Crippen LogP contribution < -0.4 is 14.9 Å². The standard InChI is InChI=1S/C19H20N4O4S/c1-13-12-18(21-27-13)22-28(25,26)17-10-6-15(7-11-17)20-19(24)14-4-8-16(9-5-14)23(2)3/h4-12H,1-3H3,(H,20,24)(H,21,22). The number of sulfonamides is 1. The largest absolute Gasteiger partial charge is 0.378 e. The smallest absolute Gasteiger partial charge is 0.263 e. The summed E-state index contributed by atoms with van der Waals surface area (Å²) in [6, 6.07) is 14.5. The van der Waals surface area contributed by atoms with Crippen molar-refractivity contribution in [2.45, 2.75) is 11.8 Å². The average molecular weight is 400 g/mol. The van der Waals surface area contributed by atoms with Gasteiger partial charge in [0.15, 0.2) is 5.82 Å². The number of nitrogens with one attached hydrogen (secondary N) is 2. The van der Waals surface area contributed by atoms with Crippen molar-refractivity contribution >= 4 is 33.1 Å². The third-order valence-electron chi connectivity index (χ3n) is 3.94. The van der Waals surface area contributed by atoms with E-state index in [1.54, 1.807) is 19.1 Å². The van der Waals surface area contributed by atoms with Crippen LogP contribution in [0.3, 0.4) is 0 Å². The lowest BCUT2D eigenvalue weighted by Gasteiger charge is -2.12. The molecule has 0 saturated carbocycles. The number of carbonyl (C=O) groups excluding carboxylic acids is 1. The molecule has 28 heavy (non-hydrogen) atoms. The zero-order valence-electron chi connectivity index (χ0n) is 15.6. The minimum atomic E-state index is -3.80. The van der Waals surface area contributed by atoms with Crippen LogP contribution in [-0.2, 0) is 10.0 Å². The van der Waals surface area contributed by atoms with Crippen molar-refractivity contribution in [1.29, 1.82) is 0 Å². The fraction of sp³-hybridized carbons (Fsp3) is 0.158. The summed E-state index contributed by atoms with van der Waals surface area (Å²) in [6.45, 7) is 1.66. The minimum absolute atomic E-state index is 0.0430. The summed E-state index contributed by atoms with van der Waals surface area (Å²) in [5, 5.41) is 6.35. The van der Waals surface area contributed by atoms with Gasteiger partial charge < -0.3 is 14.7 Å². The molecule has 146 valence electrons. The summed E-state index contributed by atoms with van der Waals surface area (Å²) in [5.41, 5.74) is 1.98. The number of aryl methyl sites for hydroxylation is 1. The molecule has 0 atom stereocenters. The quantitative estimate of drug-likeness (QED) is 0.659. The Morgan fingerprint density at radius 1 is 1.04 bits per heavy atom. The normalized spacial score (nSPS) is 11.1. The average Bonchev–Trinajstić information content (AvgIpc) is 3.06. The van der Waals surface area contributed by atoms with Gasteiger partial charge in [-0.25, -0.2) is 8.42 Å². The molecule has 0 spiro atoms. The van der Waals surface area contributed by atoms with Gasteiger partial charge in [-0.3, -0.25) is 9.52 Å². The van der Waals surface area contributed by atoms with Crippen molar-refractivity contribution in [2.75, 3.05) is 29.0 Å². The van der Waals surface area contributed by atoms with Gasteiger partial charge in [0.1, 0.15) is 5.76 Å². The van der Waals surface area contributed by atoms with E-state index < -0.39 is 10.0 Å². The van der Waals surface area contributed by atoms with Gasteiger partial charge in [0.2, 0.25) is 0 Å². The molecule has 0 fully saturated rings. The molecular formula is C19H20N4O4S. The van der Waals surface area contributed by atoms with Crippen LogP contribution in [0.4, 0.5) is 17.2 Å². The Morgan fingerprint density at radius 2 is 1.68 bits per heavy atom. The highest BCUT2D eigenvalue weighted by Crippen LogP contribution is 2.19. The molecule has 1 heterocycles. The summed E-state index contributed by atoms with van der Waals surface area (Å²) in [5.74, 6) is 0.322. The Balaban J connectivity index is 1.69. The molecule has 0 radical (unpaired) electrons. The first-order valence-corrected chi connectivity index (χ1v) is 9.88. The maximum Gasteiger partial charge on any atom is 0.263 e. The van der Waals surface area contributed by atoms with Gasteiger partial charge in [0.05, 0.1) is 4.90 Å². The first-order valence-electron chi connectivity index (χ1n) is 8.39. The van der Waals surface area contributed by atoms with Gasteiger partial charge in [-0.2, -0.15) is 0 Å². The molecular weight excluding hydrogens is 380 g/mol. The molecule has 0 unspecified atom stereocenters. The van der Waals surface area contributed by atoms with Crippen LogP contribution in [0.1, 0.15) is 16.1 Å². The molecule has 0 aliphatic rings. The lowest BCUT2D eigenvalue weighted by Crippen LogP contribution is -2.14. The monoisotopic (exact) mass is 400 g/mol. The van der Waals surface area contributed by atoms with Crippen LogP contribution in [-0.4, -0.2) is 33.6 Å². The van der Waals surface area contributed by atoms with Crippen LogP contribution in [0.2, 0.25) is 0 Å². The van der Waals surface area contributed by atoms with Gasteiger partial charge in [0, 0.05) is 37.1 Å². The molecule has 0 aliphatic heterocycles. The van der Waals surface area contributed by atoms with E-state index in [2.05, 4.69) is 15.2 Å². The summed E-state index contributed by atoms with van der Waals surface area (Å²) in [4.78, 5) is 14.3. The maximum absolute atomic E-state index is 12.4. The van der Waals surface area contributed by atoms with E-state index in [1.165, 1.54) is 30.3 Å². The number of nitrogens with zero attached hydrogens (tertiary/aromatic N) is 2. The summed E-state index contributed by atoms with van der Waals surface area (Å²) >= 11 is 0. The molecule has 1 amide bonds. The SMILES string of the molecule is Cc1cc(NS(=O)(=O)c2ccc(NC(=O)c3ccc(N(C)C)cc3)cc2)no1. The first kappa shape index (κ1) is 19.4. The van der Waals surface area contributed by atoms with Crippen molar-refractivity contribution in [3.05, 3.63) is 65.9 Å². The molecule has 0 bridgehead atoms. The van der Waals surface area contributed by atoms with Crippen molar-refractivity contribution in [2.24, 2.45) is 0 Å². The number of amides is 1. The molecule has 0 saturated heterocycles. The van der Waals surface area contributed by atoms with E-state index in [4.69, 9.17) is 4.52 Å². The molecule has 3 rings (SSSR count). The third kappa shape index (κ3) is 4.49. The summed E-state index contributed by atoms with van der Waals surface area (Å²) in [7, 11) is 0.0398. The number of benzene rings is 2. The van der Waals surface area contributed by atoms with E-state index in [0.717, 1.165) is 5.69 Å². The van der Waals surface area contributed by atoms with Gasteiger partial charge in [-0.1, -0.05) is 5.16 Å². The highest BCUT2D eigenvalue weighted by molar-refractivity contribution is 7.92. The lowest BCUT2D eigenvalue weighted by molar-refractivity contribution is 0.102. The second-order valence-corrected chi connectivity index (χ2v) is 8.03. The second-order valence-electron chi connectivity index (χ2n) is 6.35. The van der Waals surface area contributed by atoms with Gasteiger partial charge >= 0.3 is 0 Å². The Bertz CT molecular complexity index is 1070. The van der Waals surface area contributed by atoms with Crippen molar-refractivity contribution < 1.29 is 17.7 Å². The van der Waals surface area contributed by atoms with E-state index in [0.29, 0.717) is 17.0 Å². The Hall–Kier alpha value is -3.33. The topological polar surface area (TPSA) is 105 Å². The molecule has 8 nitrogen and oxygen atoms in total. The maximum atomic E-state index is 12.4. The number of carbonyl (C=O) groups is 1. The van der Waals surface area contributed by atoms with Crippen molar-refractivity contribution in [1.82, 2.24) is 5.16 Å². The number of aromatic nitrogens is 1. The second kappa shape index (κ2) is 7.73. The van der Waals surface area contributed by atoms with Crippen LogP contribution in [0.5, 0.6) is 0 Å². The molecule has 2 N–H and O–H groups in total. The van der Waals surface area contributed by atoms with Crippen molar-refractivity contribution in [3.63, 3.8) is 0 Å². The van der Waals surface area contributed by atoms with Crippen molar-refractivity contribution in [3.8, 4) is 0 Å². The Labute approximate surface area is 163 Å². The molecule has 2 aromatic carbocycles. The fourth-order valence-electron chi connectivity index (χ4n) is 2.44. The lowest BCUT2D eigenvalue weighted by atomic mass is 10.2. The molecule has 0 aliphatic carbocycles. The van der Waals surface area contributed by atoms with Gasteiger partial charge in [0.25, 0.3) is 15.9 Å². The fourth-order valence-corrected chi connectivity index (χ4v) is 3.43. The predicted molar refractivity (Wildman–Crippen MR) is 107 cm³/mol. The summed E-state index contributed by atoms with van der Waals surface area (Å²) in [6.07, 6.45) is 0. The summed E-state index contributed by atoms with van der Waals surface area (Å²) < 4.78 is 31.9. The number of rotatable bonds is 6. The van der Waals surface area contributed by atoms with Crippen LogP contribution in [0.25, 0.3) is 0 Å². The molecule has 1 aromatic heterocycles. The number of hydrogen-bond acceptors (Lipinski definition) is 6. The highest BCUT2D eigenvalue weighted by Gasteiger charge is 2.16. The van der Waals surface area contributed by atoms with E-state index in [-0.39, 0.29) is 16.6 Å².